The zero-order valence-corrected chi connectivity index (χ0v) is 43.3. The molecule has 0 aromatic carbocycles. The Bertz CT molecular complexity index is 1490. The summed E-state index contributed by atoms with van der Waals surface area (Å²) in [5, 5.41) is 54.1. The second-order valence-electron chi connectivity index (χ2n) is 18.3. The van der Waals surface area contributed by atoms with Crippen LogP contribution in [-0.4, -0.2) is 87.5 Å². The Hall–Kier alpha value is -3.41. The molecule has 0 saturated carbocycles. The van der Waals surface area contributed by atoms with Gasteiger partial charge in [0.1, 0.15) is 24.4 Å². The average molecular weight is 962 g/mol. The first-order valence-electron chi connectivity index (χ1n) is 27.3. The highest BCUT2D eigenvalue weighted by Crippen LogP contribution is 2.22. The van der Waals surface area contributed by atoms with E-state index in [4.69, 9.17) is 9.47 Å². The first kappa shape index (κ1) is 63.6. The van der Waals surface area contributed by atoms with Crippen molar-refractivity contribution in [2.45, 2.75) is 236 Å². The first-order chi connectivity index (χ1) is 33.8. The van der Waals surface area contributed by atoms with Gasteiger partial charge < -0.3 is 40.3 Å². The van der Waals surface area contributed by atoms with Crippen LogP contribution in [0, 0.1) is 0 Å². The van der Waals surface area contributed by atoms with Crippen molar-refractivity contribution in [2.75, 3.05) is 13.2 Å². The lowest BCUT2D eigenvalue weighted by molar-refractivity contribution is -0.302. The van der Waals surface area contributed by atoms with E-state index in [0.29, 0.717) is 6.42 Å². The fraction of sp³-hybridized carbons (Fsp3) is 0.650. The highest BCUT2D eigenvalue weighted by atomic mass is 16.7. The molecule has 1 aliphatic rings. The minimum absolute atomic E-state index is 0.192. The van der Waals surface area contributed by atoms with Crippen molar-refractivity contribution in [3.8, 4) is 0 Å². The molecule has 1 heterocycles. The number of carbonyl (C=O) groups excluding carboxylic acids is 1. The van der Waals surface area contributed by atoms with Crippen molar-refractivity contribution >= 4 is 5.91 Å². The van der Waals surface area contributed by atoms with Crippen molar-refractivity contribution in [1.29, 1.82) is 0 Å². The van der Waals surface area contributed by atoms with Crippen LogP contribution in [0.4, 0.5) is 0 Å². The maximum absolute atomic E-state index is 13.0. The summed E-state index contributed by atoms with van der Waals surface area (Å²) in [5.74, 6) is -0.192. The van der Waals surface area contributed by atoms with Crippen LogP contribution in [0.1, 0.15) is 194 Å². The number of allylic oxidation sites excluding steroid dienone is 19. The molecule has 9 nitrogen and oxygen atoms in total. The van der Waals surface area contributed by atoms with Crippen molar-refractivity contribution in [3.63, 3.8) is 0 Å². The van der Waals surface area contributed by atoms with E-state index >= 15 is 0 Å². The number of amides is 1. The third kappa shape index (κ3) is 38.0. The molecular formula is C60H99NO8. The van der Waals surface area contributed by atoms with E-state index in [1.165, 1.54) is 64.2 Å². The summed E-state index contributed by atoms with van der Waals surface area (Å²) in [5.41, 5.74) is 0. The number of aliphatic hydroxyl groups excluding tert-OH is 5. The Labute approximate surface area is 420 Å². The van der Waals surface area contributed by atoms with E-state index < -0.39 is 49.5 Å². The smallest absolute Gasteiger partial charge is 0.220 e. The summed E-state index contributed by atoms with van der Waals surface area (Å²) in [4.78, 5) is 13.0. The van der Waals surface area contributed by atoms with Crippen LogP contribution in [0.25, 0.3) is 0 Å². The number of hydrogen-bond acceptors (Lipinski definition) is 8. The third-order valence-electron chi connectivity index (χ3n) is 12.0. The van der Waals surface area contributed by atoms with E-state index in [-0.39, 0.29) is 12.5 Å². The zero-order chi connectivity index (χ0) is 50.1. The maximum atomic E-state index is 13.0. The van der Waals surface area contributed by atoms with Gasteiger partial charge in [0.05, 0.1) is 25.4 Å². The van der Waals surface area contributed by atoms with E-state index in [2.05, 4.69) is 129 Å². The monoisotopic (exact) mass is 962 g/mol. The summed E-state index contributed by atoms with van der Waals surface area (Å²) in [6.45, 7) is 3.60. The predicted octanol–water partition coefficient (Wildman–Crippen LogP) is 13.2. The number of nitrogens with one attached hydrogen (secondary N) is 1. The lowest BCUT2D eigenvalue weighted by Crippen LogP contribution is -2.60. The SMILES string of the molecule is CC/C=C\C/C=C\C/C=C\C/C=C\C/C=C\C/C=C\C/C=C\C/C=C\C/C=C\CCCCCCCCCCCC(=O)NC(COC1OC(CO)C(O)C(O)C1O)C(O)/C=C/CCCCCCCCC. The average Bonchev–Trinajstić information content (AvgIpc) is 3.35. The molecule has 0 spiro atoms. The number of carbonyl (C=O) groups is 1. The normalized spacial score (nSPS) is 20.5. The number of unbranched alkanes of at least 4 members (excludes halogenated alkanes) is 16. The van der Waals surface area contributed by atoms with Crippen LogP contribution < -0.4 is 5.32 Å². The van der Waals surface area contributed by atoms with Gasteiger partial charge in [-0.25, -0.2) is 0 Å². The minimum Gasteiger partial charge on any atom is -0.394 e. The molecule has 6 N–H and O–H groups in total. The summed E-state index contributed by atoms with van der Waals surface area (Å²) < 4.78 is 11.2. The van der Waals surface area contributed by atoms with Crippen LogP contribution in [0.15, 0.2) is 122 Å². The molecule has 0 aliphatic carbocycles. The Morgan fingerprint density at radius 2 is 0.899 bits per heavy atom. The number of rotatable bonds is 44. The summed E-state index contributed by atoms with van der Waals surface area (Å²) >= 11 is 0. The quantitative estimate of drug-likeness (QED) is 0.0261. The fourth-order valence-electron chi connectivity index (χ4n) is 7.74. The molecule has 392 valence electrons. The lowest BCUT2D eigenvalue weighted by atomic mass is 9.99. The van der Waals surface area contributed by atoms with E-state index in [9.17, 15) is 30.3 Å². The number of ether oxygens (including phenoxy) is 2. The van der Waals surface area contributed by atoms with Gasteiger partial charge in [0.15, 0.2) is 6.29 Å². The van der Waals surface area contributed by atoms with E-state index in [0.717, 1.165) is 109 Å². The van der Waals surface area contributed by atoms with Crippen molar-refractivity contribution < 1.29 is 39.8 Å². The van der Waals surface area contributed by atoms with Gasteiger partial charge in [0.2, 0.25) is 5.91 Å². The highest BCUT2D eigenvalue weighted by Gasteiger charge is 2.44. The second-order valence-corrected chi connectivity index (χ2v) is 18.3. The molecule has 1 fully saturated rings. The Kier molecular flexibility index (Phi) is 44.5. The van der Waals surface area contributed by atoms with Gasteiger partial charge in [-0.05, 0) is 89.9 Å². The molecule has 1 amide bonds. The van der Waals surface area contributed by atoms with Gasteiger partial charge in [-0.2, -0.15) is 0 Å². The maximum Gasteiger partial charge on any atom is 0.220 e. The van der Waals surface area contributed by atoms with Crippen LogP contribution in [0.2, 0.25) is 0 Å². The van der Waals surface area contributed by atoms with Crippen molar-refractivity contribution in [1.82, 2.24) is 5.32 Å². The van der Waals surface area contributed by atoms with Gasteiger partial charge in [0.25, 0.3) is 0 Å². The standard InChI is InChI=1S/C60H99NO8/c1-3-5-7-9-11-13-14-15-16-17-18-19-20-21-22-23-24-25-26-27-28-29-30-31-32-33-34-35-36-37-38-39-40-42-44-46-48-50-56(64)61-53(54(63)49-47-45-43-41-12-10-8-6-4-2)52-68-60-59(67)58(66)57(65)55(51-62)69-60/h5,7,11,13,15-16,18-19,21-22,24-25,27-28,30-31,33-34,47,49,53-55,57-60,62-63,65-67H,3-4,6,8-10,12,14,17,20,23,26,29,32,35-46,48,50-52H2,1-2H3,(H,61,64)/b7-5-,13-11-,16-15-,19-18-,22-21-,25-24-,28-27-,31-30-,34-33-,49-47+. The molecule has 0 aromatic heterocycles. The van der Waals surface area contributed by atoms with E-state index in [1.54, 1.807) is 6.08 Å². The zero-order valence-electron chi connectivity index (χ0n) is 43.3. The highest BCUT2D eigenvalue weighted by molar-refractivity contribution is 5.76. The molecular weight excluding hydrogens is 863 g/mol. The molecule has 7 atom stereocenters. The van der Waals surface area contributed by atoms with Crippen LogP contribution in [0.5, 0.6) is 0 Å². The molecule has 1 aliphatic heterocycles. The molecule has 0 radical (unpaired) electrons. The van der Waals surface area contributed by atoms with Crippen LogP contribution >= 0.6 is 0 Å². The predicted molar refractivity (Wildman–Crippen MR) is 290 cm³/mol. The first-order valence-corrected chi connectivity index (χ1v) is 27.3. The van der Waals surface area contributed by atoms with Gasteiger partial charge >= 0.3 is 0 Å². The third-order valence-corrected chi connectivity index (χ3v) is 12.0. The molecule has 69 heavy (non-hydrogen) atoms. The van der Waals surface area contributed by atoms with Crippen LogP contribution in [0.3, 0.4) is 0 Å². The van der Waals surface area contributed by atoms with Gasteiger partial charge in [0, 0.05) is 6.42 Å². The Morgan fingerprint density at radius 1 is 0.507 bits per heavy atom. The van der Waals surface area contributed by atoms with E-state index in [1.807, 2.05) is 6.08 Å². The number of hydrogen-bond donors (Lipinski definition) is 6. The topological polar surface area (TPSA) is 149 Å². The fourth-order valence-corrected chi connectivity index (χ4v) is 7.74. The van der Waals surface area contributed by atoms with Gasteiger partial charge in [-0.1, -0.05) is 219 Å². The largest absolute Gasteiger partial charge is 0.394 e. The summed E-state index contributed by atoms with van der Waals surface area (Å²) in [6.07, 6.45) is 65.6. The van der Waals surface area contributed by atoms with Crippen LogP contribution in [-0.2, 0) is 14.3 Å². The second kappa shape index (κ2) is 48.2. The van der Waals surface area contributed by atoms with Crippen molar-refractivity contribution in [2.24, 2.45) is 0 Å². The Balaban J connectivity index is 2.14. The molecule has 1 rings (SSSR count). The molecule has 0 bridgehead atoms. The molecule has 1 saturated heterocycles. The van der Waals surface area contributed by atoms with Crippen molar-refractivity contribution in [3.05, 3.63) is 122 Å². The molecule has 7 unspecified atom stereocenters. The number of aliphatic hydroxyl groups is 5. The summed E-state index contributed by atoms with van der Waals surface area (Å²) in [7, 11) is 0. The molecule has 0 aromatic rings. The lowest BCUT2D eigenvalue weighted by Gasteiger charge is -2.40. The Morgan fingerprint density at radius 3 is 1.33 bits per heavy atom. The minimum atomic E-state index is -1.57. The van der Waals surface area contributed by atoms with Gasteiger partial charge in [-0.3, -0.25) is 4.79 Å². The molecule has 9 heteroatoms. The van der Waals surface area contributed by atoms with Gasteiger partial charge in [-0.15, -0.1) is 0 Å². The summed E-state index contributed by atoms with van der Waals surface area (Å²) in [6, 6.07) is -0.814.